The van der Waals surface area contributed by atoms with Crippen LogP contribution in [0, 0.1) is 11.3 Å². The minimum atomic E-state index is 0.0736. The van der Waals surface area contributed by atoms with Crippen LogP contribution in [0.25, 0.3) is 0 Å². The summed E-state index contributed by atoms with van der Waals surface area (Å²) >= 11 is 0. The smallest absolute Gasteiger partial charge is 0.119 e. The molecular weight excluding hydrogens is 228 g/mol. The number of hydrogen-bond donors (Lipinski definition) is 0. The Bertz CT molecular complexity index is 411. The summed E-state index contributed by atoms with van der Waals surface area (Å²) in [5.74, 6) is 1.66. The molecule has 2 rings (SSSR count). The van der Waals surface area contributed by atoms with Crippen LogP contribution in [0.4, 0.5) is 0 Å². The van der Waals surface area contributed by atoms with E-state index in [1.54, 1.807) is 7.11 Å². The normalized spacial score (nSPS) is 19.4. The van der Waals surface area contributed by atoms with E-state index in [-0.39, 0.29) is 6.04 Å². The average Bonchev–Trinajstić information content (AvgIpc) is 2.87. The van der Waals surface area contributed by atoms with Crippen molar-refractivity contribution in [3.63, 3.8) is 0 Å². The second-order valence-corrected chi connectivity index (χ2v) is 4.35. The van der Waals surface area contributed by atoms with Gasteiger partial charge in [0.2, 0.25) is 0 Å². The monoisotopic (exact) mass is 246 g/mol. The first-order chi connectivity index (χ1) is 8.83. The van der Waals surface area contributed by atoms with Crippen LogP contribution in [0.15, 0.2) is 24.3 Å². The Morgan fingerprint density at radius 1 is 1.33 bits per heavy atom. The quantitative estimate of drug-likeness (QED) is 0.797. The van der Waals surface area contributed by atoms with Crippen LogP contribution in [0.3, 0.4) is 0 Å². The van der Waals surface area contributed by atoms with E-state index in [2.05, 4.69) is 11.0 Å². The third kappa shape index (κ3) is 3.14. The first kappa shape index (κ1) is 12.7. The first-order valence-corrected chi connectivity index (χ1v) is 6.24. The highest BCUT2D eigenvalue weighted by Crippen LogP contribution is 2.18. The Kier molecular flexibility index (Phi) is 4.43. The molecule has 1 aromatic carbocycles. The summed E-state index contributed by atoms with van der Waals surface area (Å²) in [6.45, 7) is 2.43. The number of rotatable bonds is 5. The molecule has 0 aromatic heterocycles. The molecular formula is C14H18N2O2. The minimum absolute atomic E-state index is 0.0736. The maximum atomic E-state index is 8.96. The fraction of sp³-hybridized carbons (Fsp3) is 0.500. The largest absolute Gasteiger partial charge is 0.497 e. The molecule has 18 heavy (non-hydrogen) atoms. The zero-order valence-corrected chi connectivity index (χ0v) is 10.6. The number of benzene rings is 1. The third-order valence-corrected chi connectivity index (χ3v) is 3.22. The minimum Gasteiger partial charge on any atom is -0.497 e. The maximum Gasteiger partial charge on any atom is 0.119 e. The fourth-order valence-corrected chi connectivity index (χ4v) is 2.19. The lowest BCUT2D eigenvalue weighted by atomic mass is 10.2. The van der Waals surface area contributed by atoms with Crippen LogP contribution in [0.1, 0.15) is 12.8 Å². The molecule has 4 nitrogen and oxygen atoms in total. The van der Waals surface area contributed by atoms with E-state index < -0.39 is 0 Å². The lowest BCUT2D eigenvalue weighted by molar-refractivity contribution is 0.218. The maximum absolute atomic E-state index is 8.96. The average molecular weight is 246 g/mol. The van der Waals surface area contributed by atoms with E-state index in [0.717, 1.165) is 37.4 Å². The van der Waals surface area contributed by atoms with Gasteiger partial charge in [-0.05, 0) is 43.7 Å². The molecule has 0 amide bonds. The highest BCUT2D eigenvalue weighted by Gasteiger charge is 2.23. The molecule has 1 aromatic rings. The van der Waals surface area contributed by atoms with E-state index in [9.17, 15) is 0 Å². The summed E-state index contributed by atoms with van der Waals surface area (Å²) in [5.41, 5.74) is 0. The van der Waals surface area contributed by atoms with Crippen molar-refractivity contribution in [1.29, 1.82) is 5.26 Å². The van der Waals surface area contributed by atoms with Crippen molar-refractivity contribution in [3.8, 4) is 17.6 Å². The Balaban J connectivity index is 1.76. The Labute approximate surface area is 108 Å². The summed E-state index contributed by atoms with van der Waals surface area (Å²) in [4.78, 5) is 2.18. The van der Waals surface area contributed by atoms with Gasteiger partial charge in [0.25, 0.3) is 0 Å². The molecule has 1 atom stereocenters. The van der Waals surface area contributed by atoms with Crippen LogP contribution in [0.5, 0.6) is 11.5 Å². The van der Waals surface area contributed by atoms with Gasteiger partial charge < -0.3 is 9.47 Å². The first-order valence-electron chi connectivity index (χ1n) is 6.24. The molecule has 0 saturated carbocycles. The standard InChI is InChI=1S/C14H18N2O2/c1-17-13-4-6-14(7-5-13)18-10-9-16-8-2-3-12(16)11-15/h4-7,12H,2-3,8-10H2,1H3. The van der Waals surface area contributed by atoms with Gasteiger partial charge in [0.1, 0.15) is 18.1 Å². The number of likely N-dealkylation sites (tertiary alicyclic amines) is 1. The van der Waals surface area contributed by atoms with E-state index in [0.29, 0.717) is 6.61 Å². The van der Waals surface area contributed by atoms with Crippen LogP contribution in [-0.4, -0.2) is 37.7 Å². The number of nitrogens with zero attached hydrogens (tertiary/aromatic N) is 2. The molecule has 0 N–H and O–H groups in total. The SMILES string of the molecule is COc1ccc(OCCN2CCCC2C#N)cc1. The second-order valence-electron chi connectivity index (χ2n) is 4.35. The second kappa shape index (κ2) is 6.27. The van der Waals surface area contributed by atoms with Crippen LogP contribution >= 0.6 is 0 Å². The molecule has 96 valence electrons. The number of methoxy groups -OCH3 is 1. The number of nitriles is 1. The summed E-state index contributed by atoms with van der Waals surface area (Å²) in [5, 5.41) is 8.96. The van der Waals surface area contributed by atoms with Crippen molar-refractivity contribution in [2.75, 3.05) is 26.8 Å². The lowest BCUT2D eigenvalue weighted by Crippen LogP contribution is -2.32. The van der Waals surface area contributed by atoms with Crippen molar-refractivity contribution in [3.05, 3.63) is 24.3 Å². The molecule has 1 aliphatic rings. The van der Waals surface area contributed by atoms with Crippen molar-refractivity contribution >= 4 is 0 Å². The number of ether oxygens (including phenoxy) is 2. The van der Waals surface area contributed by atoms with Gasteiger partial charge in [-0.1, -0.05) is 0 Å². The van der Waals surface area contributed by atoms with Crippen molar-refractivity contribution in [2.24, 2.45) is 0 Å². The highest BCUT2D eigenvalue weighted by atomic mass is 16.5. The molecule has 0 radical (unpaired) electrons. The van der Waals surface area contributed by atoms with Crippen molar-refractivity contribution in [1.82, 2.24) is 4.90 Å². The highest BCUT2D eigenvalue weighted by molar-refractivity contribution is 5.31. The van der Waals surface area contributed by atoms with Crippen LogP contribution in [-0.2, 0) is 0 Å². The summed E-state index contributed by atoms with van der Waals surface area (Å²) < 4.78 is 10.7. The zero-order chi connectivity index (χ0) is 12.8. The Morgan fingerprint density at radius 2 is 2.06 bits per heavy atom. The van der Waals surface area contributed by atoms with Crippen molar-refractivity contribution < 1.29 is 9.47 Å². The van der Waals surface area contributed by atoms with Gasteiger partial charge in [-0.2, -0.15) is 5.26 Å². The number of hydrogen-bond acceptors (Lipinski definition) is 4. The fourth-order valence-electron chi connectivity index (χ4n) is 2.19. The Morgan fingerprint density at radius 3 is 2.72 bits per heavy atom. The van der Waals surface area contributed by atoms with Crippen LogP contribution < -0.4 is 9.47 Å². The summed E-state index contributed by atoms with van der Waals surface area (Å²) in [7, 11) is 1.64. The van der Waals surface area contributed by atoms with E-state index >= 15 is 0 Å². The molecule has 1 heterocycles. The van der Waals surface area contributed by atoms with Crippen molar-refractivity contribution in [2.45, 2.75) is 18.9 Å². The molecule has 1 saturated heterocycles. The molecule has 0 bridgehead atoms. The zero-order valence-electron chi connectivity index (χ0n) is 10.6. The van der Waals surface area contributed by atoms with Gasteiger partial charge in [0, 0.05) is 6.54 Å². The van der Waals surface area contributed by atoms with E-state index in [1.807, 2.05) is 24.3 Å². The molecule has 1 unspecified atom stereocenters. The van der Waals surface area contributed by atoms with Gasteiger partial charge in [-0.3, -0.25) is 4.90 Å². The summed E-state index contributed by atoms with van der Waals surface area (Å²) in [6.07, 6.45) is 2.10. The predicted octanol–water partition coefficient (Wildman–Crippen LogP) is 2.06. The Hall–Kier alpha value is -1.73. The molecule has 0 spiro atoms. The third-order valence-electron chi connectivity index (χ3n) is 3.22. The van der Waals surface area contributed by atoms with E-state index in [4.69, 9.17) is 14.7 Å². The van der Waals surface area contributed by atoms with Gasteiger partial charge in [0.15, 0.2) is 0 Å². The predicted molar refractivity (Wildman–Crippen MR) is 68.7 cm³/mol. The van der Waals surface area contributed by atoms with Gasteiger partial charge in [-0.25, -0.2) is 0 Å². The van der Waals surface area contributed by atoms with Crippen LogP contribution in [0.2, 0.25) is 0 Å². The topological polar surface area (TPSA) is 45.5 Å². The molecule has 1 fully saturated rings. The van der Waals surface area contributed by atoms with E-state index in [1.165, 1.54) is 0 Å². The molecule has 4 heteroatoms. The van der Waals surface area contributed by atoms with Gasteiger partial charge in [0.05, 0.1) is 19.2 Å². The molecule has 0 aliphatic carbocycles. The molecule has 1 aliphatic heterocycles. The van der Waals surface area contributed by atoms with Gasteiger partial charge >= 0.3 is 0 Å². The lowest BCUT2D eigenvalue weighted by Gasteiger charge is -2.18. The summed E-state index contributed by atoms with van der Waals surface area (Å²) in [6, 6.07) is 9.95. The van der Waals surface area contributed by atoms with Gasteiger partial charge in [-0.15, -0.1) is 0 Å².